The van der Waals surface area contributed by atoms with Crippen LogP contribution in [0.2, 0.25) is 0 Å². The van der Waals surface area contributed by atoms with Crippen LogP contribution >= 0.6 is 0 Å². The molecule has 0 radical (unpaired) electrons. The second kappa shape index (κ2) is 5.33. The number of benzene rings is 1. The van der Waals surface area contributed by atoms with Crippen molar-refractivity contribution < 1.29 is 4.79 Å². The van der Waals surface area contributed by atoms with Gasteiger partial charge in [-0.15, -0.1) is 0 Å². The van der Waals surface area contributed by atoms with E-state index in [1.807, 2.05) is 6.07 Å². The van der Waals surface area contributed by atoms with Gasteiger partial charge < -0.3 is 5.32 Å². The molecular formula is C16H22N2O. The van der Waals surface area contributed by atoms with Crippen molar-refractivity contribution in [2.75, 3.05) is 13.1 Å². The lowest BCUT2D eigenvalue weighted by molar-refractivity contribution is -0.120. The van der Waals surface area contributed by atoms with Gasteiger partial charge >= 0.3 is 0 Å². The van der Waals surface area contributed by atoms with E-state index in [-0.39, 0.29) is 11.9 Å². The zero-order chi connectivity index (χ0) is 13.2. The van der Waals surface area contributed by atoms with Gasteiger partial charge in [-0.3, -0.25) is 9.69 Å². The minimum atomic E-state index is 0.0662. The predicted molar refractivity (Wildman–Crippen MR) is 75.7 cm³/mol. The summed E-state index contributed by atoms with van der Waals surface area (Å²) in [4.78, 5) is 14.1. The maximum atomic E-state index is 11.5. The highest BCUT2D eigenvalue weighted by atomic mass is 16.1. The van der Waals surface area contributed by atoms with Crippen LogP contribution in [0, 0.1) is 5.92 Å². The van der Waals surface area contributed by atoms with Crippen molar-refractivity contribution in [1.29, 1.82) is 0 Å². The lowest BCUT2D eigenvalue weighted by Crippen LogP contribution is -2.54. The number of nitrogens with one attached hydrogen (secondary N) is 1. The Hall–Kier alpha value is -1.35. The topological polar surface area (TPSA) is 32.3 Å². The summed E-state index contributed by atoms with van der Waals surface area (Å²) in [5.41, 5.74) is 1.23. The van der Waals surface area contributed by atoms with E-state index in [0.29, 0.717) is 6.04 Å². The number of nitrogens with zero attached hydrogens (tertiary/aromatic N) is 1. The number of piperidine rings is 3. The highest BCUT2D eigenvalue weighted by Crippen LogP contribution is 2.37. The van der Waals surface area contributed by atoms with Gasteiger partial charge in [0.2, 0.25) is 5.91 Å². The summed E-state index contributed by atoms with van der Waals surface area (Å²) in [5.74, 6) is 0.923. The van der Waals surface area contributed by atoms with Gasteiger partial charge in [-0.25, -0.2) is 0 Å². The first-order valence-corrected chi connectivity index (χ1v) is 7.30. The van der Waals surface area contributed by atoms with Crippen LogP contribution in [0.25, 0.3) is 0 Å². The van der Waals surface area contributed by atoms with Gasteiger partial charge in [0, 0.05) is 13.0 Å². The Balaban J connectivity index is 1.85. The van der Waals surface area contributed by atoms with Gasteiger partial charge in [0.25, 0.3) is 0 Å². The van der Waals surface area contributed by atoms with Crippen LogP contribution in [-0.2, 0) is 4.79 Å². The summed E-state index contributed by atoms with van der Waals surface area (Å²) in [6.45, 7) is 4.00. The van der Waals surface area contributed by atoms with Crippen LogP contribution < -0.4 is 5.32 Å². The van der Waals surface area contributed by atoms with Crippen molar-refractivity contribution in [3.05, 3.63) is 35.9 Å². The van der Waals surface area contributed by atoms with Gasteiger partial charge in [0.1, 0.15) is 0 Å². The lowest BCUT2D eigenvalue weighted by Gasteiger charge is -2.48. The molecule has 1 amide bonds. The largest absolute Gasteiger partial charge is 0.348 e. The molecule has 1 aromatic rings. The van der Waals surface area contributed by atoms with Crippen LogP contribution in [0.15, 0.2) is 30.3 Å². The second-order valence-electron chi connectivity index (χ2n) is 5.87. The fourth-order valence-electron chi connectivity index (χ4n) is 3.64. The molecule has 3 heteroatoms. The lowest BCUT2D eigenvalue weighted by atomic mass is 9.79. The molecule has 2 bridgehead atoms. The number of hydrogen-bond acceptors (Lipinski definition) is 2. The number of fused-ring (bicyclic) bond motifs is 3. The standard InChI is InChI=1S/C16H22N2O/c1-12(19)17-16(14-5-3-2-4-6-14)15-11-13-7-9-18(15)10-8-13/h2-6,13,15-16H,7-11H2,1H3,(H,17,19)/t15-,16+/m1/s1. The summed E-state index contributed by atoms with van der Waals surface area (Å²) in [6, 6.07) is 11.0. The normalized spacial score (nSPS) is 30.9. The molecule has 0 spiro atoms. The third-order valence-corrected chi connectivity index (χ3v) is 4.60. The minimum Gasteiger partial charge on any atom is -0.348 e. The molecule has 3 saturated heterocycles. The Morgan fingerprint density at radius 3 is 2.47 bits per heavy atom. The Morgan fingerprint density at radius 1 is 1.26 bits per heavy atom. The van der Waals surface area contributed by atoms with Gasteiger partial charge in [0.15, 0.2) is 0 Å². The van der Waals surface area contributed by atoms with E-state index < -0.39 is 0 Å². The van der Waals surface area contributed by atoms with E-state index >= 15 is 0 Å². The van der Waals surface area contributed by atoms with Crippen molar-refractivity contribution in [2.24, 2.45) is 5.92 Å². The number of hydrogen-bond donors (Lipinski definition) is 1. The summed E-state index contributed by atoms with van der Waals surface area (Å²) >= 11 is 0. The Morgan fingerprint density at radius 2 is 1.95 bits per heavy atom. The Kier molecular flexibility index (Phi) is 3.56. The zero-order valence-electron chi connectivity index (χ0n) is 11.5. The van der Waals surface area contributed by atoms with Crippen LogP contribution in [0.1, 0.15) is 37.8 Å². The monoisotopic (exact) mass is 258 g/mol. The van der Waals surface area contributed by atoms with Crippen LogP contribution in [0.5, 0.6) is 0 Å². The van der Waals surface area contributed by atoms with Gasteiger partial charge in [0.05, 0.1) is 6.04 Å². The van der Waals surface area contributed by atoms with E-state index in [2.05, 4.69) is 34.5 Å². The van der Waals surface area contributed by atoms with Crippen molar-refractivity contribution in [3.63, 3.8) is 0 Å². The van der Waals surface area contributed by atoms with Crippen LogP contribution in [-0.4, -0.2) is 29.9 Å². The van der Waals surface area contributed by atoms with Gasteiger partial charge in [-0.2, -0.15) is 0 Å². The Bertz CT molecular complexity index is 437. The van der Waals surface area contributed by atoms with E-state index in [4.69, 9.17) is 0 Å². The molecule has 0 aliphatic carbocycles. The summed E-state index contributed by atoms with van der Waals surface area (Å²) in [7, 11) is 0. The molecule has 4 rings (SSSR count). The molecule has 0 unspecified atom stereocenters. The molecule has 2 atom stereocenters. The third kappa shape index (κ3) is 2.66. The maximum absolute atomic E-state index is 11.5. The first kappa shape index (κ1) is 12.7. The molecule has 3 nitrogen and oxygen atoms in total. The molecule has 3 aliphatic heterocycles. The number of amides is 1. The number of rotatable bonds is 3. The quantitative estimate of drug-likeness (QED) is 0.902. The molecular weight excluding hydrogens is 236 g/mol. The van der Waals surface area contributed by atoms with Gasteiger partial charge in [-0.1, -0.05) is 30.3 Å². The highest BCUT2D eigenvalue weighted by Gasteiger charge is 2.38. The second-order valence-corrected chi connectivity index (χ2v) is 5.87. The molecule has 102 valence electrons. The van der Waals surface area contributed by atoms with E-state index in [1.54, 1.807) is 6.92 Å². The highest BCUT2D eigenvalue weighted by molar-refractivity contribution is 5.73. The minimum absolute atomic E-state index is 0.0662. The first-order valence-electron chi connectivity index (χ1n) is 7.30. The average molecular weight is 258 g/mol. The molecule has 19 heavy (non-hydrogen) atoms. The fourth-order valence-corrected chi connectivity index (χ4v) is 3.64. The van der Waals surface area contributed by atoms with Crippen molar-refractivity contribution >= 4 is 5.91 Å². The SMILES string of the molecule is CC(=O)N[C@@H](c1ccccc1)[C@H]1CC2CCN1CC2. The van der Waals surface area contributed by atoms with Gasteiger partial charge in [-0.05, 0) is 43.8 Å². The first-order chi connectivity index (χ1) is 9.24. The molecule has 0 saturated carbocycles. The van der Waals surface area contributed by atoms with E-state index in [0.717, 1.165) is 5.92 Å². The molecule has 1 N–H and O–H groups in total. The fraction of sp³-hybridized carbons (Fsp3) is 0.562. The molecule has 3 fully saturated rings. The summed E-state index contributed by atoms with van der Waals surface area (Å²) < 4.78 is 0. The smallest absolute Gasteiger partial charge is 0.217 e. The molecule has 3 heterocycles. The molecule has 3 aliphatic rings. The zero-order valence-corrected chi connectivity index (χ0v) is 11.5. The Labute approximate surface area is 115 Å². The molecule has 1 aromatic carbocycles. The maximum Gasteiger partial charge on any atom is 0.217 e. The van der Waals surface area contributed by atoms with Crippen molar-refractivity contribution in [3.8, 4) is 0 Å². The summed E-state index contributed by atoms with van der Waals surface area (Å²) in [6.07, 6.45) is 3.88. The number of carbonyl (C=O) groups is 1. The van der Waals surface area contributed by atoms with E-state index in [1.165, 1.54) is 37.9 Å². The van der Waals surface area contributed by atoms with Crippen LogP contribution in [0.3, 0.4) is 0 Å². The van der Waals surface area contributed by atoms with Crippen LogP contribution in [0.4, 0.5) is 0 Å². The average Bonchev–Trinajstić information content (AvgIpc) is 2.47. The molecule has 0 aromatic heterocycles. The number of carbonyl (C=O) groups excluding carboxylic acids is 1. The summed E-state index contributed by atoms with van der Waals surface area (Å²) in [5, 5.41) is 3.17. The predicted octanol–water partition coefficient (Wildman–Crippen LogP) is 2.35. The van der Waals surface area contributed by atoms with Crippen molar-refractivity contribution in [1.82, 2.24) is 10.2 Å². The van der Waals surface area contributed by atoms with Crippen molar-refractivity contribution in [2.45, 2.75) is 38.3 Å². The third-order valence-electron chi connectivity index (χ3n) is 4.60. The van der Waals surface area contributed by atoms with E-state index in [9.17, 15) is 4.79 Å².